The van der Waals surface area contributed by atoms with Crippen LogP contribution < -0.4 is 5.01 Å². The molecule has 0 saturated heterocycles. The van der Waals surface area contributed by atoms with Crippen molar-refractivity contribution in [3.63, 3.8) is 0 Å². The van der Waals surface area contributed by atoms with Crippen molar-refractivity contribution in [1.29, 1.82) is 0 Å². The number of aromatic hydroxyl groups is 1. The number of fused-ring (bicyclic) bond motifs is 1. The number of benzene rings is 2. The number of hydrazone groups is 1. The van der Waals surface area contributed by atoms with E-state index in [2.05, 4.69) is 5.10 Å². The van der Waals surface area contributed by atoms with Crippen molar-refractivity contribution < 1.29 is 19.7 Å². The van der Waals surface area contributed by atoms with Gasteiger partial charge in [0, 0.05) is 18.7 Å². The normalized spacial score (nSPS) is 14.1. The Morgan fingerprint density at radius 3 is 2.48 bits per heavy atom. The van der Waals surface area contributed by atoms with Crippen LogP contribution in [0.3, 0.4) is 0 Å². The molecule has 0 spiro atoms. The highest BCUT2D eigenvalue weighted by Crippen LogP contribution is 2.33. The van der Waals surface area contributed by atoms with Gasteiger partial charge in [0.05, 0.1) is 27.2 Å². The smallest absolute Gasteiger partial charge is 0.301 e. The van der Waals surface area contributed by atoms with E-state index in [4.69, 9.17) is 0 Å². The molecule has 0 saturated carbocycles. The van der Waals surface area contributed by atoms with Crippen molar-refractivity contribution in [2.75, 3.05) is 12.1 Å². The molecule has 3 rings (SSSR count). The minimum atomic E-state index is -0.745. The van der Waals surface area contributed by atoms with Crippen LogP contribution in [0.5, 0.6) is 5.75 Å². The highest BCUT2D eigenvalue weighted by Gasteiger charge is 2.24. The van der Waals surface area contributed by atoms with Crippen molar-refractivity contribution in [1.82, 2.24) is 0 Å². The molecule has 1 aliphatic carbocycles. The van der Waals surface area contributed by atoms with Crippen LogP contribution in [0.25, 0.3) is 0 Å². The van der Waals surface area contributed by atoms with Gasteiger partial charge in [-0.15, -0.1) is 0 Å². The van der Waals surface area contributed by atoms with Crippen LogP contribution in [0, 0.1) is 20.2 Å². The lowest BCUT2D eigenvalue weighted by Gasteiger charge is -2.18. The lowest BCUT2D eigenvalue weighted by molar-refractivity contribution is -0.393. The predicted octanol–water partition coefficient (Wildman–Crippen LogP) is 2.80. The number of ketones is 1. The second-order valence-corrected chi connectivity index (χ2v) is 5.59. The second kappa shape index (κ2) is 6.67. The van der Waals surface area contributed by atoms with E-state index in [1.165, 1.54) is 43.5 Å². The minimum absolute atomic E-state index is 0.0142. The molecule has 1 N–H and O–H groups in total. The van der Waals surface area contributed by atoms with Crippen LogP contribution >= 0.6 is 0 Å². The number of allylic oxidation sites excluding steroid dienone is 2. The number of nitro benzene ring substituents is 2. The number of nitro groups is 2. The Hall–Kier alpha value is -4.08. The van der Waals surface area contributed by atoms with Gasteiger partial charge in [-0.2, -0.15) is 5.10 Å². The number of anilines is 1. The van der Waals surface area contributed by atoms with Gasteiger partial charge in [0.1, 0.15) is 11.4 Å². The number of non-ortho nitro benzene ring substituents is 1. The van der Waals surface area contributed by atoms with E-state index in [1.54, 1.807) is 0 Å². The Morgan fingerprint density at radius 1 is 1.07 bits per heavy atom. The molecule has 2 aromatic carbocycles. The number of carbonyl (C=O) groups is 1. The molecule has 0 heterocycles. The molecular weight excluding hydrogens is 356 g/mol. The third-order valence-corrected chi connectivity index (χ3v) is 3.93. The molecule has 0 aromatic heterocycles. The summed E-state index contributed by atoms with van der Waals surface area (Å²) in [5.74, 6) is -0.459. The molecule has 0 amide bonds. The van der Waals surface area contributed by atoms with Gasteiger partial charge < -0.3 is 5.11 Å². The highest BCUT2D eigenvalue weighted by atomic mass is 16.6. The van der Waals surface area contributed by atoms with Crippen molar-refractivity contribution in [3.05, 3.63) is 79.9 Å². The van der Waals surface area contributed by atoms with E-state index >= 15 is 0 Å². The maximum atomic E-state index is 12.0. The van der Waals surface area contributed by atoms with Crippen LogP contribution in [0.15, 0.2) is 53.7 Å². The molecule has 0 radical (unpaired) electrons. The first-order valence-corrected chi connectivity index (χ1v) is 7.59. The van der Waals surface area contributed by atoms with Crippen LogP contribution in [-0.4, -0.2) is 33.5 Å². The van der Waals surface area contributed by atoms with E-state index in [9.17, 15) is 30.1 Å². The zero-order chi connectivity index (χ0) is 19.7. The van der Waals surface area contributed by atoms with Gasteiger partial charge in [-0.25, -0.2) is 0 Å². The molecular formula is C17H12N4O6. The molecule has 1 aliphatic rings. The third-order valence-electron chi connectivity index (χ3n) is 3.93. The first-order chi connectivity index (χ1) is 12.8. The first-order valence-electron chi connectivity index (χ1n) is 7.59. The van der Waals surface area contributed by atoms with Crippen LogP contribution in [0.4, 0.5) is 17.1 Å². The first kappa shape index (κ1) is 17.7. The van der Waals surface area contributed by atoms with E-state index in [0.29, 0.717) is 0 Å². The standard InChI is InChI=1S/C17H12N4O6/c1-19(13-7-5-10(20(24)25)9-14(13)21(26)27)18-12-6-8-15(22)11-3-2-4-16(23)17(11)12/h2-9,23H,1H3/b18-12+. The second-order valence-electron chi connectivity index (χ2n) is 5.59. The van der Waals surface area contributed by atoms with Gasteiger partial charge in [0.25, 0.3) is 5.69 Å². The number of hydrogen-bond donors (Lipinski definition) is 1. The van der Waals surface area contributed by atoms with Crippen molar-refractivity contribution in [2.24, 2.45) is 5.10 Å². The number of carbonyl (C=O) groups excluding carboxylic acids is 1. The van der Waals surface area contributed by atoms with Crippen LogP contribution in [0.2, 0.25) is 0 Å². The number of phenols is 1. The number of rotatable bonds is 4. The summed E-state index contributed by atoms with van der Waals surface area (Å²) in [5.41, 5.74) is -0.218. The van der Waals surface area contributed by atoms with E-state index < -0.39 is 21.2 Å². The average Bonchev–Trinajstić information content (AvgIpc) is 2.63. The Labute approximate surface area is 152 Å². The summed E-state index contributed by atoms with van der Waals surface area (Å²) in [6, 6.07) is 7.64. The monoisotopic (exact) mass is 368 g/mol. The topological polar surface area (TPSA) is 139 Å². The minimum Gasteiger partial charge on any atom is -0.507 e. The van der Waals surface area contributed by atoms with Crippen LogP contribution in [0.1, 0.15) is 15.9 Å². The quantitative estimate of drug-likeness (QED) is 0.646. The number of hydrogen-bond acceptors (Lipinski definition) is 8. The summed E-state index contributed by atoms with van der Waals surface area (Å²) in [7, 11) is 1.42. The van der Waals surface area contributed by atoms with Gasteiger partial charge in [-0.1, -0.05) is 12.1 Å². The molecule has 27 heavy (non-hydrogen) atoms. The zero-order valence-electron chi connectivity index (χ0n) is 13.9. The summed E-state index contributed by atoms with van der Waals surface area (Å²) < 4.78 is 0. The summed E-state index contributed by atoms with van der Waals surface area (Å²) in [6.45, 7) is 0. The highest BCUT2D eigenvalue weighted by molar-refractivity contribution is 6.25. The molecule has 0 unspecified atom stereocenters. The van der Waals surface area contributed by atoms with E-state index in [0.717, 1.165) is 17.1 Å². The summed E-state index contributed by atoms with van der Waals surface area (Å²) in [5, 5.41) is 37.6. The molecule has 2 aromatic rings. The maximum Gasteiger partial charge on any atom is 0.301 e. The molecule has 0 aliphatic heterocycles. The summed E-state index contributed by atoms with van der Waals surface area (Å²) >= 11 is 0. The molecule has 0 atom stereocenters. The van der Waals surface area contributed by atoms with Gasteiger partial charge >= 0.3 is 5.69 Å². The molecule has 10 nitrogen and oxygen atoms in total. The lowest BCUT2D eigenvalue weighted by Crippen LogP contribution is -2.18. The van der Waals surface area contributed by atoms with Crippen molar-refractivity contribution in [3.8, 4) is 5.75 Å². The van der Waals surface area contributed by atoms with Crippen molar-refractivity contribution >= 4 is 28.6 Å². The van der Waals surface area contributed by atoms with Gasteiger partial charge in [0.15, 0.2) is 5.78 Å². The molecule has 0 bridgehead atoms. The summed E-state index contributed by atoms with van der Waals surface area (Å²) in [4.78, 5) is 32.6. The van der Waals surface area contributed by atoms with Crippen LogP contribution in [-0.2, 0) is 0 Å². The maximum absolute atomic E-state index is 12.0. The zero-order valence-corrected chi connectivity index (χ0v) is 13.9. The molecule has 136 valence electrons. The Kier molecular flexibility index (Phi) is 4.38. The fourth-order valence-electron chi connectivity index (χ4n) is 2.69. The third kappa shape index (κ3) is 3.23. The Bertz CT molecular complexity index is 1040. The Balaban J connectivity index is 2.09. The van der Waals surface area contributed by atoms with Crippen molar-refractivity contribution in [2.45, 2.75) is 0 Å². The van der Waals surface area contributed by atoms with Gasteiger partial charge in [-0.05, 0) is 24.3 Å². The summed E-state index contributed by atoms with van der Waals surface area (Å²) in [6.07, 6.45) is 2.66. The predicted molar refractivity (Wildman–Crippen MR) is 96.3 cm³/mol. The van der Waals surface area contributed by atoms with Gasteiger partial charge in [-0.3, -0.25) is 30.0 Å². The van der Waals surface area contributed by atoms with E-state index in [-0.39, 0.29) is 34.1 Å². The Morgan fingerprint density at radius 2 is 1.81 bits per heavy atom. The molecule has 10 heteroatoms. The van der Waals surface area contributed by atoms with E-state index in [1.807, 2.05) is 0 Å². The fourth-order valence-corrected chi connectivity index (χ4v) is 2.69. The lowest BCUT2D eigenvalue weighted by atomic mass is 9.93. The largest absolute Gasteiger partial charge is 0.507 e. The average molecular weight is 368 g/mol. The number of phenolic OH excluding ortho intramolecular Hbond substituents is 1. The molecule has 0 fully saturated rings. The SMILES string of the molecule is CN(/N=C1\C=CC(=O)c2cccc(O)c21)c1ccc([N+](=O)[O-])cc1[N+](=O)[O-]. The number of nitrogens with zero attached hydrogens (tertiary/aromatic N) is 4. The fraction of sp³-hybridized carbons (Fsp3) is 0.0588. The van der Waals surface area contributed by atoms with Gasteiger partial charge in [0.2, 0.25) is 0 Å².